The van der Waals surface area contributed by atoms with Crippen LogP contribution in [-0.4, -0.2) is 33.7 Å². The van der Waals surface area contributed by atoms with Crippen LogP contribution in [0.5, 0.6) is 0 Å². The molecule has 0 spiro atoms. The number of amides is 2. The Morgan fingerprint density at radius 3 is 2.44 bits per heavy atom. The Labute approximate surface area is 196 Å². The Kier molecular flexibility index (Phi) is 8.39. The average Bonchev–Trinajstić information content (AvgIpc) is 2.79. The van der Waals surface area contributed by atoms with E-state index in [0.717, 1.165) is 35.7 Å². The van der Waals surface area contributed by atoms with E-state index in [1.54, 1.807) is 25.1 Å². The second kappa shape index (κ2) is 11.2. The number of benzene rings is 2. The molecule has 1 atom stereocenters. The lowest BCUT2D eigenvalue weighted by Crippen LogP contribution is -2.50. The van der Waals surface area contributed by atoms with Gasteiger partial charge in [0.1, 0.15) is 6.04 Å². The van der Waals surface area contributed by atoms with Gasteiger partial charge in [-0.05, 0) is 37.5 Å². The molecule has 1 fully saturated rings. The number of hydrogen-bond donors (Lipinski definition) is 1. The molecule has 0 heterocycles. The van der Waals surface area contributed by atoms with Crippen molar-refractivity contribution in [3.63, 3.8) is 0 Å². The first-order valence-corrected chi connectivity index (χ1v) is 11.7. The number of carbonyl (C=O) groups is 2. The molecule has 3 rings (SSSR count). The van der Waals surface area contributed by atoms with Crippen LogP contribution in [0.1, 0.15) is 50.2 Å². The topological polar surface area (TPSA) is 92.6 Å². The molecule has 2 aromatic rings. The zero-order valence-corrected chi connectivity index (χ0v) is 19.7. The minimum Gasteiger partial charge on any atom is -0.352 e. The summed E-state index contributed by atoms with van der Waals surface area (Å²) in [5, 5.41) is 14.5. The minimum absolute atomic E-state index is 0.0937. The van der Waals surface area contributed by atoms with Crippen LogP contribution in [0.3, 0.4) is 0 Å². The molecule has 2 aromatic carbocycles. The van der Waals surface area contributed by atoms with Crippen LogP contribution < -0.4 is 5.32 Å². The second-order valence-electron chi connectivity index (χ2n) is 8.23. The molecular weight excluding hydrogens is 474 g/mol. The molecule has 0 bridgehead atoms. The highest BCUT2D eigenvalue weighted by molar-refractivity contribution is 9.10. The summed E-state index contributed by atoms with van der Waals surface area (Å²) in [5.41, 5.74) is 1.12. The second-order valence-corrected chi connectivity index (χ2v) is 9.15. The molecule has 0 radical (unpaired) electrons. The number of nitrogens with one attached hydrogen (secondary N) is 1. The van der Waals surface area contributed by atoms with Gasteiger partial charge < -0.3 is 10.2 Å². The van der Waals surface area contributed by atoms with Crippen LogP contribution in [0.25, 0.3) is 0 Å². The highest BCUT2D eigenvalue weighted by Gasteiger charge is 2.29. The standard InChI is InChI=1S/C24H28BrN3O4/c1-17(24(30)26-21-8-3-2-4-9-21)27(16-18-11-13-20(25)14-12-18)23(29)15-19-7-5-6-10-22(19)28(31)32/h5-7,10-14,17,21H,2-4,8-9,15-16H2,1H3,(H,26,30). The molecule has 0 aromatic heterocycles. The molecule has 32 heavy (non-hydrogen) atoms. The fourth-order valence-electron chi connectivity index (χ4n) is 4.04. The van der Waals surface area contributed by atoms with Crippen molar-refractivity contribution in [2.24, 2.45) is 0 Å². The third kappa shape index (κ3) is 6.38. The quantitative estimate of drug-likeness (QED) is 0.416. The van der Waals surface area contributed by atoms with E-state index in [9.17, 15) is 19.7 Å². The molecule has 170 valence electrons. The van der Waals surface area contributed by atoms with Crippen molar-refractivity contribution in [1.29, 1.82) is 0 Å². The van der Waals surface area contributed by atoms with E-state index in [0.29, 0.717) is 5.56 Å². The number of nitrogens with zero attached hydrogens (tertiary/aromatic N) is 2. The Bertz CT molecular complexity index is 958. The van der Waals surface area contributed by atoms with E-state index in [1.165, 1.54) is 17.4 Å². The van der Waals surface area contributed by atoms with Crippen molar-refractivity contribution in [1.82, 2.24) is 10.2 Å². The van der Waals surface area contributed by atoms with Gasteiger partial charge in [-0.25, -0.2) is 0 Å². The maximum Gasteiger partial charge on any atom is 0.273 e. The van der Waals surface area contributed by atoms with Crippen LogP contribution in [0.2, 0.25) is 0 Å². The van der Waals surface area contributed by atoms with Crippen LogP contribution in [0.15, 0.2) is 53.0 Å². The van der Waals surface area contributed by atoms with Gasteiger partial charge in [-0.2, -0.15) is 0 Å². The summed E-state index contributed by atoms with van der Waals surface area (Å²) in [4.78, 5) is 38.7. The molecule has 1 N–H and O–H groups in total. The molecule has 8 heteroatoms. The molecule has 1 unspecified atom stereocenters. The molecular formula is C24H28BrN3O4. The molecule has 0 aliphatic heterocycles. The lowest BCUT2D eigenvalue weighted by atomic mass is 9.95. The first-order valence-electron chi connectivity index (χ1n) is 10.9. The van der Waals surface area contributed by atoms with E-state index < -0.39 is 11.0 Å². The summed E-state index contributed by atoms with van der Waals surface area (Å²) in [7, 11) is 0. The molecule has 2 amide bonds. The van der Waals surface area contributed by atoms with Gasteiger partial charge in [0, 0.05) is 28.7 Å². The summed E-state index contributed by atoms with van der Waals surface area (Å²) in [5.74, 6) is -0.515. The van der Waals surface area contributed by atoms with Gasteiger partial charge in [-0.15, -0.1) is 0 Å². The van der Waals surface area contributed by atoms with Gasteiger partial charge in [0.25, 0.3) is 5.69 Å². The monoisotopic (exact) mass is 501 g/mol. The number of nitro groups is 1. The smallest absolute Gasteiger partial charge is 0.273 e. The van der Waals surface area contributed by atoms with Crippen LogP contribution >= 0.6 is 15.9 Å². The number of nitro benzene ring substituents is 1. The predicted octanol–water partition coefficient (Wildman–Crippen LogP) is 4.77. The average molecular weight is 502 g/mol. The Balaban J connectivity index is 1.80. The lowest BCUT2D eigenvalue weighted by molar-refractivity contribution is -0.385. The van der Waals surface area contributed by atoms with Crippen molar-refractivity contribution in [3.05, 3.63) is 74.2 Å². The van der Waals surface area contributed by atoms with Gasteiger partial charge in [0.15, 0.2) is 0 Å². The van der Waals surface area contributed by atoms with Crippen LogP contribution in [0.4, 0.5) is 5.69 Å². The third-order valence-corrected chi connectivity index (χ3v) is 6.44. The molecule has 0 saturated heterocycles. The van der Waals surface area contributed by atoms with Crippen molar-refractivity contribution in [2.45, 2.75) is 64.1 Å². The molecule has 7 nitrogen and oxygen atoms in total. The number of carbonyl (C=O) groups excluding carboxylic acids is 2. The van der Waals surface area contributed by atoms with Crippen molar-refractivity contribution < 1.29 is 14.5 Å². The zero-order valence-electron chi connectivity index (χ0n) is 18.1. The van der Waals surface area contributed by atoms with E-state index in [-0.39, 0.29) is 36.5 Å². The largest absolute Gasteiger partial charge is 0.352 e. The van der Waals surface area contributed by atoms with E-state index in [2.05, 4.69) is 21.2 Å². The Morgan fingerprint density at radius 1 is 1.12 bits per heavy atom. The SMILES string of the molecule is CC(C(=O)NC1CCCCC1)N(Cc1ccc(Br)cc1)C(=O)Cc1ccccc1[N+](=O)[O-]. The van der Waals surface area contributed by atoms with Crippen molar-refractivity contribution in [2.75, 3.05) is 0 Å². The summed E-state index contributed by atoms with van der Waals surface area (Å²) < 4.78 is 0.919. The van der Waals surface area contributed by atoms with Crippen LogP contribution in [-0.2, 0) is 22.6 Å². The van der Waals surface area contributed by atoms with Gasteiger partial charge in [-0.3, -0.25) is 19.7 Å². The predicted molar refractivity (Wildman–Crippen MR) is 126 cm³/mol. The normalized spacial score (nSPS) is 15.1. The third-order valence-electron chi connectivity index (χ3n) is 5.92. The summed E-state index contributed by atoms with van der Waals surface area (Å²) in [6, 6.07) is 13.2. The first kappa shape index (κ1) is 23.9. The fraction of sp³-hybridized carbons (Fsp3) is 0.417. The highest BCUT2D eigenvalue weighted by Crippen LogP contribution is 2.22. The fourth-order valence-corrected chi connectivity index (χ4v) is 4.31. The van der Waals surface area contributed by atoms with Gasteiger partial charge in [0.2, 0.25) is 11.8 Å². The Hall–Kier alpha value is -2.74. The zero-order chi connectivity index (χ0) is 23.1. The van der Waals surface area contributed by atoms with Crippen molar-refractivity contribution in [3.8, 4) is 0 Å². The first-order chi connectivity index (χ1) is 15.3. The van der Waals surface area contributed by atoms with E-state index in [1.807, 2.05) is 24.3 Å². The summed E-state index contributed by atoms with van der Waals surface area (Å²) >= 11 is 3.41. The maximum atomic E-state index is 13.3. The highest BCUT2D eigenvalue weighted by atomic mass is 79.9. The summed E-state index contributed by atoms with van der Waals surface area (Å²) in [6.45, 7) is 1.96. The summed E-state index contributed by atoms with van der Waals surface area (Å²) in [6.07, 6.45) is 5.14. The van der Waals surface area contributed by atoms with Gasteiger partial charge in [0.05, 0.1) is 11.3 Å². The number of halogens is 1. The maximum absolute atomic E-state index is 13.3. The number of para-hydroxylation sites is 1. The van der Waals surface area contributed by atoms with Crippen molar-refractivity contribution >= 4 is 33.4 Å². The van der Waals surface area contributed by atoms with Gasteiger partial charge >= 0.3 is 0 Å². The number of hydrogen-bond acceptors (Lipinski definition) is 4. The minimum atomic E-state index is -0.698. The lowest BCUT2D eigenvalue weighted by Gasteiger charge is -2.31. The van der Waals surface area contributed by atoms with Gasteiger partial charge in [-0.1, -0.05) is 65.5 Å². The molecule has 1 aliphatic rings. The van der Waals surface area contributed by atoms with E-state index >= 15 is 0 Å². The molecule has 1 aliphatic carbocycles. The Morgan fingerprint density at radius 2 is 1.78 bits per heavy atom. The molecule has 1 saturated carbocycles. The van der Waals surface area contributed by atoms with Crippen LogP contribution in [0, 0.1) is 10.1 Å². The number of rotatable bonds is 8. The van der Waals surface area contributed by atoms with E-state index in [4.69, 9.17) is 0 Å².